The van der Waals surface area contributed by atoms with Crippen molar-refractivity contribution >= 4 is 21.6 Å². The minimum atomic E-state index is -3.57. The first-order valence-electron chi connectivity index (χ1n) is 12.3. The molecule has 1 heterocycles. The van der Waals surface area contributed by atoms with Crippen molar-refractivity contribution in [3.8, 4) is 0 Å². The summed E-state index contributed by atoms with van der Waals surface area (Å²) in [4.78, 5) is 14.2. The molecule has 0 aliphatic carbocycles. The van der Waals surface area contributed by atoms with Gasteiger partial charge in [0, 0.05) is 38.4 Å². The van der Waals surface area contributed by atoms with E-state index in [1.54, 1.807) is 28.6 Å². The first-order chi connectivity index (χ1) is 17.4. The molecule has 1 aliphatic rings. The summed E-state index contributed by atoms with van der Waals surface area (Å²) in [6.07, 6.45) is 2.83. The minimum Gasteiger partial charge on any atom is -0.323 e. The number of hydrogen-bond acceptors (Lipinski definition) is 4. The second-order valence-electron chi connectivity index (χ2n) is 9.21. The Bertz CT molecular complexity index is 1200. The van der Waals surface area contributed by atoms with Crippen LogP contribution >= 0.6 is 0 Å². The van der Waals surface area contributed by atoms with Crippen molar-refractivity contribution < 1.29 is 13.2 Å². The van der Waals surface area contributed by atoms with Crippen molar-refractivity contribution in [3.05, 3.63) is 109 Å². The van der Waals surface area contributed by atoms with Crippen LogP contribution in [0.1, 0.15) is 24.0 Å². The molecule has 0 unspecified atom stereocenters. The van der Waals surface area contributed by atoms with Gasteiger partial charge in [0.15, 0.2) is 0 Å². The van der Waals surface area contributed by atoms with Crippen molar-refractivity contribution in [2.24, 2.45) is 5.92 Å². The quantitative estimate of drug-likeness (QED) is 0.399. The minimum absolute atomic E-state index is 0.243. The van der Waals surface area contributed by atoms with Gasteiger partial charge < -0.3 is 5.32 Å². The van der Waals surface area contributed by atoms with Crippen LogP contribution in [-0.4, -0.2) is 43.2 Å². The van der Waals surface area contributed by atoms with Crippen molar-refractivity contribution in [2.45, 2.75) is 30.8 Å². The molecule has 3 aromatic carbocycles. The van der Waals surface area contributed by atoms with Gasteiger partial charge >= 0.3 is 0 Å². The lowest BCUT2D eigenvalue weighted by molar-refractivity contribution is -0.111. The largest absolute Gasteiger partial charge is 0.323 e. The Morgan fingerprint density at radius 1 is 0.889 bits per heavy atom. The highest BCUT2D eigenvalue weighted by Crippen LogP contribution is 2.26. The third-order valence-corrected chi connectivity index (χ3v) is 8.45. The summed E-state index contributed by atoms with van der Waals surface area (Å²) in [5.41, 5.74) is 3.09. The molecule has 0 spiro atoms. The second-order valence-corrected chi connectivity index (χ2v) is 11.1. The molecule has 1 saturated heterocycles. The molecule has 4 rings (SSSR count). The summed E-state index contributed by atoms with van der Waals surface area (Å²) in [5.74, 6) is 0.0987. The fraction of sp³-hybridized carbons (Fsp3) is 0.276. The van der Waals surface area contributed by atoms with Crippen LogP contribution in [0.5, 0.6) is 0 Å². The average Bonchev–Trinajstić information content (AvgIpc) is 2.90. The highest BCUT2D eigenvalue weighted by molar-refractivity contribution is 7.89. The molecule has 0 saturated carbocycles. The predicted molar refractivity (Wildman–Crippen MR) is 144 cm³/mol. The zero-order chi connectivity index (χ0) is 25.4. The molecule has 188 valence electrons. The van der Waals surface area contributed by atoms with Gasteiger partial charge in [-0.3, -0.25) is 9.69 Å². The normalized spacial score (nSPS) is 15.0. The highest BCUT2D eigenvalue weighted by Gasteiger charge is 2.30. The van der Waals surface area contributed by atoms with Crippen LogP contribution in [0.25, 0.3) is 0 Å². The number of nitrogens with zero attached hydrogens (tertiary/aromatic N) is 2. The first-order valence-corrected chi connectivity index (χ1v) is 13.7. The maximum atomic E-state index is 13.2. The molecule has 6 nitrogen and oxygen atoms in total. The standard InChI is InChI=1S/C29H33N3O3S/c1-2-29(33)30-27-13-15-28(16-14-27)36(34,35)32-19-17-26(18-20-32)23-31(21-24-9-5-3-6-10-24)22-25-11-7-4-8-12-25/h2-16,26H,1,17-23H2,(H,30,33). The summed E-state index contributed by atoms with van der Waals surface area (Å²) in [5, 5.41) is 2.64. The lowest BCUT2D eigenvalue weighted by atomic mass is 9.97. The second kappa shape index (κ2) is 12.1. The fourth-order valence-corrected chi connectivity index (χ4v) is 6.09. The Morgan fingerprint density at radius 3 is 1.92 bits per heavy atom. The Hall–Kier alpha value is -3.26. The number of carbonyl (C=O) groups excluding carboxylic acids is 1. The number of carbonyl (C=O) groups is 1. The van der Waals surface area contributed by atoms with E-state index in [-0.39, 0.29) is 10.8 Å². The van der Waals surface area contributed by atoms with Gasteiger partial charge in [-0.2, -0.15) is 4.31 Å². The highest BCUT2D eigenvalue weighted by atomic mass is 32.2. The van der Waals surface area contributed by atoms with Crippen molar-refractivity contribution in [1.29, 1.82) is 0 Å². The number of anilines is 1. The number of hydrogen-bond donors (Lipinski definition) is 1. The number of piperidine rings is 1. The maximum absolute atomic E-state index is 13.2. The fourth-order valence-electron chi connectivity index (χ4n) is 4.62. The molecule has 1 aliphatic heterocycles. The lowest BCUT2D eigenvalue weighted by Crippen LogP contribution is -2.41. The molecule has 0 atom stereocenters. The Morgan fingerprint density at radius 2 is 1.42 bits per heavy atom. The lowest BCUT2D eigenvalue weighted by Gasteiger charge is -2.34. The molecule has 7 heteroatoms. The topological polar surface area (TPSA) is 69.7 Å². The van der Waals surface area contributed by atoms with Gasteiger partial charge in [0.25, 0.3) is 0 Å². The van der Waals surface area contributed by atoms with Gasteiger partial charge in [0.05, 0.1) is 4.90 Å². The molecule has 0 bridgehead atoms. The number of benzene rings is 3. The van der Waals surface area contributed by atoms with Crippen LogP contribution in [-0.2, 0) is 27.9 Å². The Balaban J connectivity index is 1.37. The predicted octanol–water partition coefficient (Wildman–Crippen LogP) is 4.91. The monoisotopic (exact) mass is 503 g/mol. The van der Waals surface area contributed by atoms with Gasteiger partial charge in [-0.15, -0.1) is 0 Å². The zero-order valence-electron chi connectivity index (χ0n) is 20.4. The van der Waals surface area contributed by atoms with Gasteiger partial charge in [-0.1, -0.05) is 67.2 Å². The van der Waals surface area contributed by atoms with Gasteiger partial charge in [0.1, 0.15) is 0 Å². The molecule has 1 amide bonds. The third-order valence-electron chi connectivity index (χ3n) is 6.53. The summed E-state index contributed by atoms with van der Waals surface area (Å²) < 4.78 is 28.0. The molecular weight excluding hydrogens is 470 g/mol. The zero-order valence-corrected chi connectivity index (χ0v) is 21.2. The SMILES string of the molecule is C=CC(=O)Nc1ccc(S(=O)(=O)N2CCC(CN(Cc3ccccc3)Cc3ccccc3)CC2)cc1. The van der Waals surface area contributed by atoms with E-state index in [0.717, 1.165) is 32.5 Å². The molecule has 3 aromatic rings. The van der Waals surface area contributed by atoms with E-state index >= 15 is 0 Å². The van der Waals surface area contributed by atoms with Crippen molar-refractivity contribution in [1.82, 2.24) is 9.21 Å². The van der Waals surface area contributed by atoms with Crippen molar-refractivity contribution in [2.75, 3.05) is 25.0 Å². The third kappa shape index (κ3) is 6.91. The molecule has 0 aromatic heterocycles. The van der Waals surface area contributed by atoms with E-state index in [1.165, 1.54) is 17.2 Å². The number of nitrogens with one attached hydrogen (secondary N) is 1. The molecule has 1 fully saturated rings. The molecule has 1 N–H and O–H groups in total. The first kappa shape index (κ1) is 25.8. The van der Waals surface area contributed by atoms with E-state index < -0.39 is 10.0 Å². The summed E-state index contributed by atoms with van der Waals surface area (Å²) in [7, 11) is -3.57. The summed E-state index contributed by atoms with van der Waals surface area (Å²) in [6.45, 7) is 7.09. The van der Waals surface area contributed by atoms with E-state index in [1.807, 2.05) is 12.1 Å². The van der Waals surface area contributed by atoms with Crippen LogP contribution in [0, 0.1) is 5.92 Å². The van der Waals surface area contributed by atoms with Crippen LogP contribution in [0.2, 0.25) is 0 Å². The van der Waals surface area contributed by atoms with Crippen LogP contribution in [0.3, 0.4) is 0 Å². The Kier molecular flexibility index (Phi) is 8.70. The number of rotatable bonds is 10. The Labute approximate surface area is 214 Å². The van der Waals surface area contributed by atoms with Crippen LogP contribution < -0.4 is 5.32 Å². The van der Waals surface area contributed by atoms with E-state index in [9.17, 15) is 13.2 Å². The van der Waals surface area contributed by atoms with Gasteiger partial charge in [-0.05, 0) is 60.2 Å². The van der Waals surface area contributed by atoms with Crippen LogP contribution in [0.15, 0.2) is 102 Å². The smallest absolute Gasteiger partial charge is 0.247 e. The van der Waals surface area contributed by atoms with E-state index in [2.05, 4.69) is 65.3 Å². The molecular formula is C29H33N3O3S. The van der Waals surface area contributed by atoms with E-state index in [4.69, 9.17) is 0 Å². The molecule has 36 heavy (non-hydrogen) atoms. The number of amides is 1. The average molecular weight is 504 g/mol. The summed E-state index contributed by atoms with van der Waals surface area (Å²) in [6, 6.07) is 27.3. The molecule has 0 radical (unpaired) electrons. The number of sulfonamides is 1. The maximum Gasteiger partial charge on any atom is 0.247 e. The van der Waals surface area contributed by atoms with Gasteiger partial charge in [-0.25, -0.2) is 8.42 Å². The van der Waals surface area contributed by atoms with Gasteiger partial charge in [0.2, 0.25) is 15.9 Å². The summed E-state index contributed by atoms with van der Waals surface area (Å²) >= 11 is 0. The van der Waals surface area contributed by atoms with Crippen LogP contribution in [0.4, 0.5) is 5.69 Å². The van der Waals surface area contributed by atoms with E-state index in [0.29, 0.717) is 24.7 Å². The van der Waals surface area contributed by atoms with Crippen molar-refractivity contribution in [3.63, 3.8) is 0 Å².